The molecule has 0 unspecified atom stereocenters. The Morgan fingerprint density at radius 1 is 1.47 bits per heavy atom. The minimum absolute atomic E-state index is 0.121. The molecule has 1 aromatic rings. The van der Waals surface area contributed by atoms with Crippen LogP contribution in [0.2, 0.25) is 0 Å². The maximum absolute atomic E-state index is 11.7. The van der Waals surface area contributed by atoms with Gasteiger partial charge in [-0.1, -0.05) is 20.8 Å². The van der Waals surface area contributed by atoms with Crippen LogP contribution in [-0.2, 0) is 5.41 Å². The summed E-state index contributed by atoms with van der Waals surface area (Å²) in [6.45, 7) is 6.73. The number of nitrogens with one attached hydrogen (secondary N) is 2. The van der Waals surface area contributed by atoms with Crippen molar-refractivity contribution < 1.29 is 4.79 Å². The lowest BCUT2D eigenvalue weighted by Gasteiger charge is -2.12. The van der Waals surface area contributed by atoms with Crippen LogP contribution in [0, 0.1) is 0 Å². The van der Waals surface area contributed by atoms with E-state index in [0.717, 1.165) is 18.0 Å². The van der Waals surface area contributed by atoms with Crippen LogP contribution in [0.15, 0.2) is 0 Å². The van der Waals surface area contributed by atoms with Crippen molar-refractivity contribution >= 4 is 17.7 Å². The number of carbonyl (C=O) groups excluding carboxylic acids is 1. The summed E-state index contributed by atoms with van der Waals surface area (Å²) in [7, 11) is 0. The molecule has 0 fully saturated rings. The standard InChI is InChI=1S/C11H20N4OS/c1-11(2,3)10-13-8(14-15-10)9(16)12-6-5-7-17-4/h5-7H2,1-4H3,(H,12,16)(H,13,14,15). The van der Waals surface area contributed by atoms with Gasteiger partial charge in [0.1, 0.15) is 5.82 Å². The van der Waals surface area contributed by atoms with E-state index in [1.807, 2.05) is 27.0 Å². The zero-order chi connectivity index (χ0) is 12.9. The highest BCUT2D eigenvalue weighted by Gasteiger charge is 2.20. The van der Waals surface area contributed by atoms with Crippen LogP contribution < -0.4 is 5.32 Å². The van der Waals surface area contributed by atoms with Gasteiger partial charge in [-0.15, -0.1) is 5.10 Å². The van der Waals surface area contributed by atoms with Crippen molar-refractivity contribution in [1.82, 2.24) is 20.5 Å². The Morgan fingerprint density at radius 3 is 2.71 bits per heavy atom. The highest BCUT2D eigenvalue weighted by atomic mass is 32.2. The van der Waals surface area contributed by atoms with Crippen LogP contribution in [0.1, 0.15) is 43.6 Å². The Labute approximate surface area is 106 Å². The third kappa shape index (κ3) is 4.38. The van der Waals surface area contributed by atoms with E-state index in [0.29, 0.717) is 6.54 Å². The van der Waals surface area contributed by atoms with Crippen molar-refractivity contribution in [3.63, 3.8) is 0 Å². The summed E-state index contributed by atoms with van der Waals surface area (Å²) >= 11 is 1.77. The summed E-state index contributed by atoms with van der Waals surface area (Å²) in [6.07, 6.45) is 3.01. The van der Waals surface area contributed by atoms with Crippen LogP contribution in [0.4, 0.5) is 0 Å². The van der Waals surface area contributed by atoms with Gasteiger partial charge in [-0.2, -0.15) is 11.8 Å². The molecule has 1 amide bonds. The quantitative estimate of drug-likeness (QED) is 0.785. The zero-order valence-electron chi connectivity index (χ0n) is 10.8. The first-order chi connectivity index (χ1) is 7.95. The van der Waals surface area contributed by atoms with Crippen LogP contribution in [0.5, 0.6) is 0 Å². The number of hydrogen-bond donors (Lipinski definition) is 2. The lowest BCUT2D eigenvalue weighted by Crippen LogP contribution is -2.26. The molecular weight excluding hydrogens is 236 g/mol. The van der Waals surface area contributed by atoms with Gasteiger partial charge in [0.05, 0.1) is 0 Å². The number of hydrogen-bond acceptors (Lipinski definition) is 4. The van der Waals surface area contributed by atoms with Gasteiger partial charge in [-0.05, 0) is 18.4 Å². The van der Waals surface area contributed by atoms with Gasteiger partial charge in [-0.3, -0.25) is 9.89 Å². The van der Waals surface area contributed by atoms with E-state index >= 15 is 0 Å². The molecule has 0 radical (unpaired) electrons. The van der Waals surface area contributed by atoms with Gasteiger partial charge in [0, 0.05) is 12.0 Å². The minimum atomic E-state index is -0.210. The molecule has 0 aromatic carbocycles. The normalized spacial score (nSPS) is 11.5. The van der Waals surface area contributed by atoms with E-state index in [1.165, 1.54) is 0 Å². The minimum Gasteiger partial charge on any atom is -0.349 e. The third-order valence-electron chi connectivity index (χ3n) is 2.21. The predicted molar refractivity (Wildman–Crippen MR) is 70.4 cm³/mol. The van der Waals surface area contributed by atoms with Crippen molar-refractivity contribution in [3.8, 4) is 0 Å². The Bertz CT molecular complexity index is 370. The number of aromatic amines is 1. The molecule has 0 spiro atoms. The number of nitrogens with zero attached hydrogens (tertiary/aromatic N) is 2. The fourth-order valence-corrected chi connectivity index (χ4v) is 1.63. The molecule has 1 heterocycles. The summed E-state index contributed by atoms with van der Waals surface area (Å²) in [5, 5.41) is 9.53. The molecule has 0 aliphatic rings. The number of aromatic nitrogens is 3. The average molecular weight is 256 g/mol. The SMILES string of the molecule is CSCCCNC(=O)c1n[nH]c(C(C)(C)C)n1. The summed E-state index contributed by atoms with van der Waals surface area (Å²) in [5.41, 5.74) is -0.121. The molecule has 0 aliphatic carbocycles. The second-order valence-electron chi connectivity index (χ2n) is 4.86. The van der Waals surface area contributed by atoms with Gasteiger partial charge < -0.3 is 5.32 Å². The van der Waals surface area contributed by atoms with Crippen LogP contribution in [0.3, 0.4) is 0 Å². The summed E-state index contributed by atoms with van der Waals surface area (Å²) in [6, 6.07) is 0. The highest BCUT2D eigenvalue weighted by Crippen LogP contribution is 2.17. The largest absolute Gasteiger partial charge is 0.349 e. The predicted octanol–water partition coefficient (Wildman–Crippen LogP) is 1.59. The molecule has 0 aliphatic heterocycles. The first-order valence-electron chi connectivity index (χ1n) is 5.65. The molecule has 6 heteroatoms. The highest BCUT2D eigenvalue weighted by molar-refractivity contribution is 7.98. The first kappa shape index (κ1) is 14.0. The summed E-state index contributed by atoms with van der Waals surface area (Å²) in [4.78, 5) is 15.9. The maximum Gasteiger partial charge on any atom is 0.290 e. The van der Waals surface area contributed by atoms with E-state index in [-0.39, 0.29) is 17.1 Å². The molecule has 2 N–H and O–H groups in total. The van der Waals surface area contributed by atoms with Gasteiger partial charge in [0.15, 0.2) is 0 Å². The fourth-order valence-electron chi connectivity index (χ4n) is 1.20. The van der Waals surface area contributed by atoms with Gasteiger partial charge in [0.25, 0.3) is 5.91 Å². The molecule has 17 heavy (non-hydrogen) atoms. The number of thioether (sulfide) groups is 1. The van der Waals surface area contributed by atoms with Crippen molar-refractivity contribution in [3.05, 3.63) is 11.6 Å². The van der Waals surface area contributed by atoms with E-state index < -0.39 is 0 Å². The summed E-state index contributed by atoms with van der Waals surface area (Å²) < 4.78 is 0. The zero-order valence-corrected chi connectivity index (χ0v) is 11.6. The average Bonchev–Trinajstić information content (AvgIpc) is 2.72. The number of carbonyl (C=O) groups is 1. The Kier molecular flexibility index (Phi) is 4.99. The lowest BCUT2D eigenvalue weighted by atomic mass is 9.96. The van der Waals surface area contributed by atoms with E-state index in [4.69, 9.17) is 0 Å². The van der Waals surface area contributed by atoms with E-state index in [1.54, 1.807) is 11.8 Å². The Morgan fingerprint density at radius 2 is 2.18 bits per heavy atom. The maximum atomic E-state index is 11.7. The van der Waals surface area contributed by atoms with Crippen LogP contribution >= 0.6 is 11.8 Å². The molecule has 0 saturated carbocycles. The van der Waals surface area contributed by atoms with Crippen LogP contribution in [0.25, 0.3) is 0 Å². The van der Waals surface area contributed by atoms with Gasteiger partial charge >= 0.3 is 0 Å². The third-order valence-corrected chi connectivity index (χ3v) is 2.91. The van der Waals surface area contributed by atoms with Crippen LogP contribution in [-0.4, -0.2) is 39.6 Å². The Balaban J connectivity index is 2.50. The van der Waals surface area contributed by atoms with Crippen molar-refractivity contribution in [2.75, 3.05) is 18.6 Å². The van der Waals surface area contributed by atoms with Gasteiger partial charge in [-0.25, -0.2) is 4.98 Å². The fraction of sp³-hybridized carbons (Fsp3) is 0.727. The summed E-state index contributed by atoms with van der Waals surface area (Å²) in [5.74, 6) is 1.78. The van der Waals surface area contributed by atoms with Gasteiger partial charge in [0.2, 0.25) is 5.82 Å². The lowest BCUT2D eigenvalue weighted by molar-refractivity contribution is 0.0943. The molecule has 1 aromatic heterocycles. The first-order valence-corrected chi connectivity index (χ1v) is 7.04. The monoisotopic (exact) mass is 256 g/mol. The molecule has 0 atom stereocenters. The smallest absolute Gasteiger partial charge is 0.290 e. The van der Waals surface area contributed by atoms with E-state index in [9.17, 15) is 4.79 Å². The molecule has 96 valence electrons. The van der Waals surface area contributed by atoms with Crippen molar-refractivity contribution in [1.29, 1.82) is 0 Å². The second-order valence-corrected chi connectivity index (χ2v) is 5.85. The molecular formula is C11H20N4OS. The molecule has 0 saturated heterocycles. The Hall–Kier alpha value is -1.04. The van der Waals surface area contributed by atoms with Crippen molar-refractivity contribution in [2.24, 2.45) is 0 Å². The van der Waals surface area contributed by atoms with Crippen molar-refractivity contribution in [2.45, 2.75) is 32.6 Å². The molecule has 5 nitrogen and oxygen atoms in total. The number of rotatable bonds is 5. The molecule has 1 rings (SSSR count). The molecule has 0 bridgehead atoms. The number of H-pyrrole nitrogens is 1. The second kappa shape index (κ2) is 6.05. The topological polar surface area (TPSA) is 70.7 Å². The van der Waals surface area contributed by atoms with E-state index in [2.05, 4.69) is 20.5 Å². The number of amides is 1.